The molecule has 2 amide bonds. The maximum atomic E-state index is 12.0. The summed E-state index contributed by atoms with van der Waals surface area (Å²) in [5.41, 5.74) is 0.0468. The van der Waals surface area contributed by atoms with Crippen molar-refractivity contribution in [1.82, 2.24) is 10.6 Å². The van der Waals surface area contributed by atoms with E-state index in [1.165, 1.54) is 18.6 Å². The Bertz CT molecular complexity index is 358. The first-order valence-corrected chi connectivity index (χ1v) is 9.15. The Balaban J connectivity index is 1.42. The minimum absolute atomic E-state index is 0.0290. The highest BCUT2D eigenvalue weighted by Gasteiger charge is 2.41. The van der Waals surface area contributed by atoms with Crippen molar-refractivity contribution in [1.29, 1.82) is 0 Å². The van der Waals surface area contributed by atoms with Gasteiger partial charge in [0.1, 0.15) is 0 Å². The van der Waals surface area contributed by atoms with E-state index >= 15 is 0 Å². The molecule has 2 saturated heterocycles. The van der Waals surface area contributed by atoms with E-state index < -0.39 is 0 Å². The van der Waals surface area contributed by atoms with Crippen LogP contribution in [0.3, 0.4) is 0 Å². The second-order valence-corrected chi connectivity index (χ2v) is 7.64. The third kappa shape index (κ3) is 3.42. The van der Waals surface area contributed by atoms with E-state index in [9.17, 15) is 4.79 Å². The highest BCUT2D eigenvalue weighted by atomic mass is 32.2. The molecule has 3 rings (SSSR count). The zero-order chi connectivity index (χ0) is 14.0. The van der Waals surface area contributed by atoms with Crippen LogP contribution in [0.25, 0.3) is 0 Å². The van der Waals surface area contributed by atoms with Crippen molar-refractivity contribution in [3.05, 3.63) is 0 Å². The van der Waals surface area contributed by atoms with Crippen molar-refractivity contribution in [3.8, 4) is 0 Å². The normalized spacial score (nSPS) is 39.8. The maximum absolute atomic E-state index is 12.0. The van der Waals surface area contributed by atoms with E-state index in [1.54, 1.807) is 0 Å². The molecule has 5 heteroatoms. The first-order valence-electron chi connectivity index (χ1n) is 7.99. The summed E-state index contributed by atoms with van der Waals surface area (Å²) in [4.78, 5) is 12.0. The fourth-order valence-electron chi connectivity index (χ4n) is 3.52. The van der Waals surface area contributed by atoms with E-state index in [0.717, 1.165) is 44.0 Å². The van der Waals surface area contributed by atoms with Crippen LogP contribution in [0, 0.1) is 5.92 Å². The average molecular weight is 298 g/mol. The number of hydrogen-bond acceptors (Lipinski definition) is 3. The van der Waals surface area contributed by atoms with E-state index in [1.807, 2.05) is 11.8 Å². The summed E-state index contributed by atoms with van der Waals surface area (Å²) in [6.07, 6.45) is 6.68. The van der Waals surface area contributed by atoms with Gasteiger partial charge in [-0.1, -0.05) is 13.3 Å². The van der Waals surface area contributed by atoms with Gasteiger partial charge in [0.05, 0.1) is 5.60 Å². The van der Waals surface area contributed by atoms with Gasteiger partial charge in [0.15, 0.2) is 0 Å². The Morgan fingerprint density at radius 1 is 1.45 bits per heavy atom. The number of nitrogens with one attached hydrogen (secondary N) is 2. The van der Waals surface area contributed by atoms with Gasteiger partial charge in [-0.3, -0.25) is 0 Å². The Kier molecular flexibility index (Phi) is 4.46. The van der Waals surface area contributed by atoms with Crippen LogP contribution in [0.1, 0.15) is 45.4 Å². The van der Waals surface area contributed by atoms with E-state index in [-0.39, 0.29) is 17.7 Å². The third-order valence-electron chi connectivity index (χ3n) is 4.79. The molecule has 2 heterocycles. The fourth-order valence-corrected chi connectivity index (χ4v) is 4.90. The average Bonchev–Trinajstić information content (AvgIpc) is 2.97. The van der Waals surface area contributed by atoms with Crippen LogP contribution in [0.2, 0.25) is 0 Å². The van der Waals surface area contributed by atoms with Crippen LogP contribution >= 0.6 is 11.8 Å². The summed E-state index contributed by atoms with van der Waals surface area (Å²) in [6, 6.07) is 0.734. The molecule has 20 heavy (non-hydrogen) atoms. The highest BCUT2D eigenvalue weighted by molar-refractivity contribution is 7.99. The molecular weight excluding hydrogens is 272 g/mol. The number of rotatable bonds is 4. The summed E-state index contributed by atoms with van der Waals surface area (Å²) >= 11 is 1.97. The maximum Gasteiger partial charge on any atom is 0.315 e. The zero-order valence-electron chi connectivity index (χ0n) is 12.3. The van der Waals surface area contributed by atoms with Gasteiger partial charge in [0, 0.05) is 24.4 Å². The number of hydrogen-bond donors (Lipinski definition) is 2. The monoisotopic (exact) mass is 298 g/mol. The Morgan fingerprint density at radius 2 is 2.35 bits per heavy atom. The van der Waals surface area contributed by atoms with Crippen LogP contribution in [0.15, 0.2) is 0 Å². The molecule has 114 valence electrons. The van der Waals surface area contributed by atoms with Gasteiger partial charge < -0.3 is 15.4 Å². The molecule has 3 fully saturated rings. The summed E-state index contributed by atoms with van der Waals surface area (Å²) in [5.74, 6) is 3.01. The van der Waals surface area contributed by atoms with Crippen LogP contribution in [-0.4, -0.2) is 41.8 Å². The SMILES string of the molecule is CCC[C@@H]1C[C@@H]1NC(=O)N[C@@H]1CCO[C@]2(CCSC2)C1. The Morgan fingerprint density at radius 3 is 3.10 bits per heavy atom. The summed E-state index contributed by atoms with van der Waals surface area (Å²) in [7, 11) is 0. The molecular formula is C15H26N2O2S. The van der Waals surface area contributed by atoms with Gasteiger partial charge in [-0.05, 0) is 43.8 Å². The first-order chi connectivity index (χ1) is 9.71. The predicted molar refractivity (Wildman–Crippen MR) is 82.1 cm³/mol. The smallest absolute Gasteiger partial charge is 0.315 e. The second-order valence-electron chi connectivity index (χ2n) is 6.53. The summed E-state index contributed by atoms with van der Waals surface area (Å²) < 4.78 is 5.99. The van der Waals surface area contributed by atoms with Crippen molar-refractivity contribution < 1.29 is 9.53 Å². The standard InChI is InChI=1S/C15H26N2O2S/c1-2-3-11-8-13(11)17-14(18)16-12-4-6-19-15(9-12)5-7-20-10-15/h11-13H,2-10H2,1H3,(H2,16,17,18)/t11-,12-,13+,15-/m1/s1. The van der Waals surface area contributed by atoms with Crippen molar-refractivity contribution in [2.75, 3.05) is 18.1 Å². The number of carbonyl (C=O) groups is 1. The largest absolute Gasteiger partial charge is 0.374 e. The summed E-state index contributed by atoms with van der Waals surface area (Å²) in [6.45, 7) is 2.99. The fraction of sp³-hybridized carbons (Fsp3) is 0.933. The molecule has 0 aromatic carbocycles. The van der Waals surface area contributed by atoms with E-state index in [2.05, 4.69) is 17.6 Å². The quantitative estimate of drug-likeness (QED) is 0.838. The molecule has 4 nitrogen and oxygen atoms in total. The molecule has 0 unspecified atom stereocenters. The van der Waals surface area contributed by atoms with Crippen molar-refractivity contribution in [2.45, 2.75) is 63.1 Å². The lowest BCUT2D eigenvalue weighted by molar-refractivity contribution is -0.0684. The molecule has 0 aromatic heterocycles. The number of thioether (sulfide) groups is 1. The highest BCUT2D eigenvalue weighted by Crippen LogP contribution is 2.38. The zero-order valence-corrected chi connectivity index (χ0v) is 13.1. The molecule has 3 aliphatic rings. The van der Waals surface area contributed by atoms with Crippen LogP contribution in [0.5, 0.6) is 0 Å². The van der Waals surface area contributed by atoms with Crippen LogP contribution in [0.4, 0.5) is 4.79 Å². The molecule has 0 bridgehead atoms. The molecule has 0 aromatic rings. The minimum Gasteiger partial charge on any atom is -0.374 e. The molecule has 2 aliphatic heterocycles. The third-order valence-corrected chi connectivity index (χ3v) is 6.02. The van der Waals surface area contributed by atoms with E-state index in [4.69, 9.17) is 4.74 Å². The van der Waals surface area contributed by atoms with E-state index in [0.29, 0.717) is 6.04 Å². The Labute approximate surface area is 125 Å². The number of ether oxygens (including phenoxy) is 1. The number of urea groups is 1. The molecule has 4 atom stereocenters. The van der Waals surface area contributed by atoms with Crippen LogP contribution in [-0.2, 0) is 4.74 Å². The number of carbonyl (C=O) groups excluding carboxylic acids is 1. The van der Waals surface area contributed by atoms with Gasteiger partial charge in [-0.2, -0.15) is 11.8 Å². The topological polar surface area (TPSA) is 50.4 Å². The molecule has 1 spiro atoms. The lowest BCUT2D eigenvalue weighted by atomic mass is 9.90. The lowest BCUT2D eigenvalue weighted by Gasteiger charge is -2.38. The Hall–Kier alpha value is -0.420. The van der Waals surface area contributed by atoms with Gasteiger partial charge in [-0.15, -0.1) is 0 Å². The molecule has 0 radical (unpaired) electrons. The first kappa shape index (κ1) is 14.5. The molecule has 1 saturated carbocycles. The second kappa shape index (κ2) is 6.14. The van der Waals surface area contributed by atoms with Gasteiger partial charge in [0.2, 0.25) is 0 Å². The van der Waals surface area contributed by atoms with Crippen molar-refractivity contribution in [3.63, 3.8) is 0 Å². The molecule has 1 aliphatic carbocycles. The summed E-state index contributed by atoms with van der Waals surface area (Å²) in [5, 5.41) is 6.28. The lowest BCUT2D eigenvalue weighted by Crippen LogP contribution is -2.51. The van der Waals surface area contributed by atoms with Gasteiger partial charge >= 0.3 is 6.03 Å². The molecule has 2 N–H and O–H groups in total. The predicted octanol–water partition coefficient (Wildman–Crippen LogP) is 2.53. The van der Waals surface area contributed by atoms with Gasteiger partial charge in [-0.25, -0.2) is 4.79 Å². The van der Waals surface area contributed by atoms with Crippen molar-refractivity contribution in [2.24, 2.45) is 5.92 Å². The van der Waals surface area contributed by atoms with Crippen molar-refractivity contribution >= 4 is 17.8 Å². The van der Waals surface area contributed by atoms with Gasteiger partial charge in [0.25, 0.3) is 0 Å². The minimum atomic E-state index is 0.0290. The number of amides is 2. The van der Waals surface area contributed by atoms with Crippen LogP contribution < -0.4 is 10.6 Å².